The molecule has 6 heteroatoms. The predicted octanol–water partition coefficient (Wildman–Crippen LogP) is 3.13. The number of carbonyl (C=O) groups excluding carboxylic acids is 1. The van der Waals surface area contributed by atoms with E-state index in [1.165, 1.54) is 6.42 Å². The van der Waals surface area contributed by atoms with Crippen molar-refractivity contribution in [2.45, 2.75) is 30.2 Å². The molecule has 2 saturated heterocycles. The van der Waals surface area contributed by atoms with Crippen LogP contribution in [0.3, 0.4) is 0 Å². The summed E-state index contributed by atoms with van der Waals surface area (Å²) in [5.41, 5.74) is 0.877. The number of urea groups is 1. The van der Waals surface area contributed by atoms with Crippen molar-refractivity contribution in [1.82, 2.24) is 9.80 Å². The molecule has 2 heterocycles. The van der Waals surface area contributed by atoms with Gasteiger partial charge >= 0.3 is 6.03 Å². The number of hydrogen-bond donors (Lipinski definition) is 1. The summed E-state index contributed by atoms with van der Waals surface area (Å²) in [6.45, 7) is 5.37. The number of anilines is 1. The fraction of sp³-hybridized carbons (Fsp3) is 0.611. The third-order valence-electron chi connectivity index (χ3n) is 4.78. The van der Waals surface area contributed by atoms with Gasteiger partial charge in [-0.05, 0) is 43.7 Å². The molecule has 2 aliphatic rings. The van der Waals surface area contributed by atoms with Gasteiger partial charge in [0.15, 0.2) is 0 Å². The van der Waals surface area contributed by atoms with Crippen LogP contribution in [0.1, 0.15) is 19.3 Å². The molecule has 1 N–H and O–H groups in total. The van der Waals surface area contributed by atoms with Crippen molar-refractivity contribution in [3.8, 4) is 0 Å². The van der Waals surface area contributed by atoms with E-state index >= 15 is 0 Å². The van der Waals surface area contributed by atoms with Crippen LogP contribution in [0.4, 0.5) is 10.5 Å². The number of rotatable bonds is 4. The van der Waals surface area contributed by atoms with Gasteiger partial charge in [-0.2, -0.15) is 0 Å². The molecular weight excluding hydrogens is 322 g/mol. The summed E-state index contributed by atoms with van der Waals surface area (Å²) in [5.74, 6) is 0. The average molecular weight is 350 g/mol. The smallest absolute Gasteiger partial charge is 0.322 e. The summed E-state index contributed by atoms with van der Waals surface area (Å²) in [4.78, 5) is 18.4. The van der Waals surface area contributed by atoms with E-state index in [0.29, 0.717) is 6.04 Å². The van der Waals surface area contributed by atoms with Crippen molar-refractivity contribution in [2.24, 2.45) is 0 Å². The SMILES string of the molecule is CSc1cccc(NC(=O)N2CCCCC2CN2CCOCC2)c1. The van der Waals surface area contributed by atoms with Crippen molar-refractivity contribution >= 4 is 23.5 Å². The van der Waals surface area contributed by atoms with Crippen molar-refractivity contribution < 1.29 is 9.53 Å². The van der Waals surface area contributed by atoms with Crippen LogP contribution in [-0.4, -0.2) is 67.5 Å². The van der Waals surface area contributed by atoms with Crippen molar-refractivity contribution in [2.75, 3.05) is 51.0 Å². The molecule has 2 aliphatic heterocycles. The van der Waals surface area contributed by atoms with Gasteiger partial charge in [-0.3, -0.25) is 4.90 Å². The normalized spacial score (nSPS) is 22.4. The second-order valence-electron chi connectivity index (χ2n) is 6.42. The van der Waals surface area contributed by atoms with E-state index in [9.17, 15) is 4.79 Å². The lowest BCUT2D eigenvalue weighted by atomic mass is 10.0. The highest BCUT2D eigenvalue weighted by Gasteiger charge is 2.28. The van der Waals surface area contributed by atoms with Gasteiger partial charge < -0.3 is 15.0 Å². The molecule has 5 nitrogen and oxygen atoms in total. The summed E-state index contributed by atoms with van der Waals surface area (Å²) < 4.78 is 5.43. The Bertz CT molecular complexity index is 549. The van der Waals surface area contributed by atoms with E-state index in [4.69, 9.17) is 4.74 Å². The highest BCUT2D eigenvalue weighted by molar-refractivity contribution is 7.98. The molecule has 1 unspecified atom stereocenters. The standard InChI is InChI=1S/C18H27N3O2S/c1-24-17-7-4-5-15(13-17)19-18(22)21-8-3-2-6-16(21)14-20-9-11-23-12-10-20/h4-5,7,13,16H,2-3,6,8-12,14H2,1H3,(H,19,22). The minimum Gasteiger partial charge on any atom is -0.379 e. The predicted molar refractivity (Wildman–Crippen MR) is 98.8 cm³/mol. The molecule has 0 radical (unpaired) electrons. The summed E-state index contributed by atoms with van der Waals surface area (Å²) in [6, 6.07) is 8.37. The average Bonchev–Trinajstić information content (AvgIpc) is 2.63. The highest BCUT2D eigenvalue weighted by atomic mass is 32.2. The van der Waals surface area contributed by atoms with Gasteiger partial charge in [0.05, 0.1) is 13.2 Å². The Labute approximate surface area is 148 Å². The molecule has 2 amide bonds. The lowest BCUT2D eigenvalue weighted by Gasteiger charge is -2.39. The lowest BCUT2D eigenvalue weighted by molar-refractivity contribution is 0.0229. The maximum absolute atomic E-state index is 12.8. The van der Waals surface area contributed by atoms with Gasteiger partial charge in [0, 0.05) is 42.8 Å². The van der Waals surface area contributed by atoms with Crippen LogP contribution in [-0.2, 0) is 4.74 Å². The Morgan fingerprint density at radius 2 is 2.12 bits per heavy atom. The van der Waals surface area contributed by atoms with E-state index in [1.54, 1.807) is 11.8 Å². The first-order valence-corrected chi connectivity index (χ1v) is 10.0. The first-order valence-electron chi connectivity index (χ1n) is 8.78. The zero-order valence-electron chi connectivity index (χ0n) is 14.4. The van der Waals surface area contributed by atoms with E-state index in [0.717, 1.165) is 62.8 Å². The van der Waals surface area contributed by atoms with Crippen molar-refractivity contribution in [1.29, 1.82) is 0 Å². The van der Waals surface area contributed by atoms with Gasteiger partial charge in [0.2, 0.25) is 0 Å². The third kappa shape index (κ3) is 4.65. The fourth-order valence-corrected chi connectivity index (χ4v) is 3.90. The number of morpholine rings is 1. The van der Waals surface area contributed by atoms with Crippen LogP contribution in [0.25, 0.3) is 0 Å². The minimum atomic E-state index is 0.0335. The van der Waals surface area contributed by atoms with Crippen molar-refractivity contribution in [3.05, 3.63) is 24.3 Å². The highest BCUT2D eigenvalue weighted by Crippen LogP contribution is 2.22. The second kappa shape index (κ2) is 8.74. The zero-order chi connectivity index (χ0) is 16.8. The number of piperidine rings is 1. The topological polar surface area (TPSA) is 44.8 Å². The van der Waals surface area contributed by atoms with Crippen LogP contribution >= 0.6 is 11.8 Å². The number of carbonyl (C=O) groups is 1. The maximum Gasteiger partial charge on any atom is 0.322 e. The first kappa shape index (κ1) is 17.6. The largest absolute Gasteiger partial charge is 0.379 e. The van der Waals surface area contributed by atoms with E-state index < -0.39 is 0 Å². The van der Waals surface area contributed by atoms with Gasteiger partial charge in [-0.25, -0.2) is 4.79 Å². The number of thioether (sulfide) groups is 1. The molecule has 132 valence electrons. The van der Waals surface area contributed by atoms with Crippen LogP contribution in [0.15, 0.2) is 29.2 Å². The Morgan fingerprint density at radius 1 is 1.29 bits per heavy atom. The van der Waals surface area contributed by atoms with Gasteiger partial charge in [0.25, 0.3) is 0 Å². The first-order chi connectivity index (χ1) is 11.8. The Kier molecular flexibility index (Phi) is 6.40. The number of nitrogens with zero attached hydrogens (tertiary/aromatic N) is 2. The number of ether oxygens (including phenoxy) is 1. The van der Waals surface area contributed by atoms with Gasteiger partial charge in [0.1, 0.15) is 0 Å². The number of likely N-dealkylation sites (tertiary alicyclic amines) is 1. The Hall–Kier alpha value is -1.24. The van der Waals surface area contributed by atoms with Gasteiger partial charge in [-0.1, -0.05) is 6.07 Å². The molecule has 0 aliphatic carbocycles. The molecule has 1 aromatic carbocycles. The molecule has 0 aromatic heterocycles. The maximum atomic E-state index is 12.8. The summed E-state index contributed by atoms with van der Waals surface area (Å²) in [6.07, 6.45) is 5.44. The number of nitrogens with one attached hydrogen (secondary N) is 1. The zero-order valence-corrected chi connectivity index (χ0v) is 15.2. The van der Waals surface area contributed by atoms with Crippen LogP contribution in [0, 0.1) is 0 Å². The van der Waals surface area contributed by atoms with Crippen LogP contribution in [0.5, 0.6) is 0 Å². The fourth-order valence-electron chi connectivity index (χ4n) is 3.44. The molecular formula is C18H27N3O2S. The van der Waals surface area contributed by atoms with Crippen LogP contribution in [0.2, 0.25) is 0 Å². The molecule has 1 aromatic rings. The van der Waals surface area contributed by atoms with Crippen molar-refractivity contribution in [3.63, 3.8) is 0 Å². The molecule has 0 spiro atoms. The molecule has 2 fully saturated rings. The molecule has 0 bridgehead atoms. The molecule has 24 heavy (non-hydrogen) atoms. The van der Waals surface area contributed by atoms with E-state index in [-0.39, 0.29) is 6.03 Å². The number of hydrogen-bond acceptors (Lipinski definition) is 4. The number of benzene rings is 1. The van der Waals surface area contributed by atoms with E-state index in [1.807, 2.05) is 29.4 Å². The summed E-state index contributed by atoms with van der Waals surface area (Å²) >= 11 is 1.69. The second-order valence-corrected chi connectivity index (χ2v) is 7.30. The summed E-state index contributed by atoms with van der Waals surface area (Å²) in [7, 11) is 0. The van der Waals surface area contributed by atoms with Gasteiger partial charge in [-0.15, -0.1) is 11.8 Å². The molecule has 1 atom stereocenters. The monoisotopic (exact) mass is 349 g/mol. The Balaban J connectivity index is 1.61. The summed E-state index contributed by atoms with van der Waals surface area (Å²) in [5, 5.41) is 3.08. The minimum absolute atomic E-state index is 0.0335. The third-order valence-corrected chi connectivity index (χ3v) is 5.51. The van der Waals surface area contributed by atoms with Crippen LogP contribution < -0.4 is 5.32 Å². The molecule has 0 saturated carbocycles. The van der Waals surface area contributed by atoms with E-state index in [2.05, 4.69) is 16.3 Å². The molecule has 3 rings (SSSR count). The Morgan fingerprint density at radius 3 is 2.92 bits per heavy atom. The quantitative estimate of drug-likeness (QED) is 0.848. The lowest BCUT2D eigenvalue weighted by Crippen LogP contribution is -2.52. The number of amides is 2.